The molecule has 0 aromatic heterocycles. The lowest BCUT2D eigenvalue weighted by atomic mass is 9.87. The molecule has 170 valence electrons. The van der Waals surface area contributed by atoms with Crippen LogP contribution in [0.25, 0.3) is 0 Å². The normalized spacial score (nSPS) is 10.9. The van der Waals surface area contributed by atoms with Crippen molar-refractivity contribution in [3.05, 3.63) is 98.1 Å². The SMILES string of the molecule is Cc1ccc(C(=O)NNC(=O)c2ccc(NC(=O)c3ccc(C(C)(C)C)cc3)cc2)cc1I. The Hall–Kier alpha value is -3.20. The maximum absolute atomic E-state index is 12.5. The number of anilines is 1. The Morgan fingerprint density at radius 3 is 1.73 bits per heavy atom. The van der Waals surface area contributed by atoms with E-state index in [1.807, 2.05) is 25.1 Å². The number of benzene rings is 3. The van der Waals surface area contributed by atoms with Crippen LogP contribution < -0.4 is 16.2 Å². The van der Waals surface area contributed by atoms with Crippen molar-refractivity contribution in [2.45, 2.75) is 33.1 Å². The third kappa shape index (κ3) is 6.41. The Kier molecular flexibility index (Phi) is 7.53. The van der Waals surface area contributed by atoms with E-state index in [0.717, 1.165) is 14.7 Å². The fraction of sp³-hybridized carbons (Fsp3) is 0.192. The van der Waals surface area contributed by atoms with Crippen LogP contribution in [0.2, 0.25) is 0 Å². The molecule has 33 heavy (non-hydrogen) atoms. The van der Waals surface area contributed by atoms with Crippen LogP contribution in [-0.4, -0.2) is 17.7 Å². The Morgan fingerprint density at radius 1 is 0.697 bits per heavy atom. The summed E-state index contributed by atoms with van der Waals surface area (Å²) in [6.45, 7) is 8.32. The van der Waals surface area contributed by atoms with Crippen LogP contribution in [0.1, 0.15) is 63.0 Å². The second-order valence-electron chi connectivity index (χ2n) is 8.73. The lowest BCUT2D eigenvalue weighted by molar-refractivity contribution is 0.0846. The molecular weight excluding hydrogens is 529 g/mol. The molecule has 0 saturated carbocycles. The molecule has 7 heteroatoms. The van der Waals surface area contributed by atoms with Crippen molar-refractivity contribution in [1.29, 1.82) is 0 Å². The van der Waals surface area contributed by atoms with E-state index in [1.165, 1.54) is 0 Å². The number of hydrogen-bond acceptors (Lipinski definition) is 3. The van der Waals surface area contributed by atoms with Gasteiger partial charge in [-0.3, -0.25) is 25.2 Å². The number of hydrogen-bond donors (Lipinski definition) is 3. The minimum Gasteiger partial charge on any atom is -0.322 e. The number of amides is 3. The van der Waals surface area contributed by atoms with Crippen LogP contribution in [0.4, 0.5) is 5.69 Å². The average Bonchev–Trinajstić information content (AvgIpc) is 2.79. The molecule has 0 saturated heterocycles. The zero-order valence-electron chi connectivity index (χ0n) is 19.0. The topological polar surface area (TPSA) is 87.3 Å². The molecule has 0 aliphatic rings. The molecule has 0 aliphatic heterocycles. The first kappa shape index (κ1) is 24.4. The Bertz CT molecular complexity index is 1180. The molecule has 0 bridgehead atoms. The maximum Gasteiger partial charge on any atom is 0.269 e. The highest BCUT2D eigenvalue weighted by molar-refractivity contribution is 14.1. The molecule has 3 aromatic carbocycles. The van der Waals surface area contributed by atoms with E-state index >= 15 is 0 Å². The monoisotopic (exact) mass is 555 g/mol. The van der Waals surface area contributed by atoms with Gasteiger partial charge in [-0.25, -0.2) is 0 Å². The van der Waals surface area contributed by atoms with E-state index in [0.29, 0.717) is 22.4 Å². The zero-order valence-corrected chi connectivity index (χ0v) is 21.1. The largest absolute Gasteiger partial charge is 0.322 e. The molecule has 3 rings (SSSR count). The first-order chi connectivity index (χ1) is 15.5. The van der Waals surface area contributed by atoms with Gasteiger partial charge in [0, 0.05) is 25.9 Å². The van der Waals surface area contributed by atoms with Gasteiger partial charge in [0.1, 0.15) is 0 Å². The van der Waals surface area contributed by atoms with Crippen LogP contribution in [0.5, 0.6) is 0 Å². The summed E-state index contributed by atoms with van der Waals surface area (Å²) in [6, 6.07) is 19.3. The third-order valence-corrected chi connectivity index (χ3v) is 6.30. The number of rotatable bonds is 4. The maximum atomic E-state index is 12.5. The lowest BCUT2D eigenvalue weighted by Gasteiger charge is -2.19. The Balaban J connectivity index is 1.56. The highest BCUT2D eigenvalue weighted by Crippen LogP contribution is 2.22. The van der Waals surface area contributed by atoms with E-state index in [-0.39, 0.29) is 11.3 Å². The van der Waals surface area contributed by atoms with Crippen molar-refractivity contribution >= 4 is 46.0 Å². The minimum atomic E-state index is -0.458. The summed E-state index contributed by atoms with van der Waals surface area (Å²) in [5, 5.41) is 2.82. The highest BCUT2D eigenvalue weighted by Gasteiger charge is 2.15. The second-order valence-corrected chi connectivity index (χ2v) is 9.89. The summed E-state index contributed by atoms with van der Waals surface area (Å²) >= 11 is 2.16. The van der Waals surface area contributed by atoms with Crippen LogP contribution in [-0.2, 0) is 5.41 Å². The van der Waals surface area contributed by atoms with Crippen molar-refractivity contribution in [2.75, 3.05) is 5.32 Å². The van der Waals surface area contributed by atoms with E-state index in [1.54, 1.807) is 48.5 Å². The molecule has 0 spiro atoms. The second kappa shape index (κ2) is 10.2. The molecule has 3 amide bonds. The van der Waals surface area contributed by atoms with Crippen LogP contribution >= 0.6 is 22.6 Å². The summed E-state index contributed by atoms with van der Waals surface area (Å²) in [6.07, 6.45) is 0. The van der Waals surface area contributed by atoms with Crippen molar-refractivity contribution < 1.29 is 14.4 Å². The Morgan fingerprint density at radius 2 is 1.18 bits per heavy atom. The van der Waals surface area contributed by atoms with Gasteiger partial charge in [-0.1, -0.05) is 39.0 Å². The number of hydrazine groups is 1. The van der Waals surface area contributed by atoms with Gasteiger partial charge in [-0.05, 0) is 94.6 Å². The first-order valence-corrected chi connectivity index (χ1v) is 11.5. The highest BCUT2D eigenvalue weighted by atomic mass is 127. The molecular formula is C26H26IN3O3. The van der Waals surface area contributed by atoms with Gasteiger partial charge in [-0.15, -0.1) is 0 Å². The third-order valence-electron chi connectivity index (χ3n) is 5.14. The lowest BCUT2D eigenvalue weighted by Crippen LogP contribution is -2.41. The molecule has 3 N–H and O–H groups in total. The number of halogens is 1. The van der Waals surface area contributed by atoms with Gasteiger partial charge in [0.2, 0.25) is 0 Å². The molecule has 3 aromatic rings. The predicted octanol–water partition coefficient (Wildman–Crippen LogP) is 5.22. The quantitative estimate of drug-likeness (QED) is 0.305. The van der Waals surface area contributed by atoms with Gasteiger partial charge < -0.3 is 5.32 Å². The van der Waals surface area contributed by atoms with Crippen molar-refractivity contribution in [1.82, 2.24) is 10.9 Å². The standard InChI is InChI=1S/C26H26IN3O3/c1-16-5-6-19(15-22(16)27)25(33)30-29-24(32)18-9-13-21(14-10-18)28-23(31)17-7-11-20(12-8-17)26(2,3)4/h5-15H,1-4H3,(H,28,31)(H,29,32)(H,30,33). The summed E-state index contributed by atoms with van der Waals surface area (Å²) < 4.78 is 0.967. The summed E-state index contributed by atoms with van der Waals surface area (Å²) in [7, 11) is 0. The zero-order chi connectivity index (χ0) is 24.2. The van der Waals surface area contributed by atoms with Gasteiger partial charge in [0.05, 0.1) is 0 Å². The molecule has 0 aliphatic carbocycles. The predicted molar refractivity (Wildman–Crippen MR) is 138 cm³/mol. The molecule has 0 radical (unpaired) electrons. The molecule has 0 heterocycles. The van der Waals surface area contributed by atoms with Crippen LogP contribution in [0.15, 0.2) is 66.7 Å². The molecule has 6 nitrogen and oxygen atoms in total. The minimum absolute atomic E-state index is 0.0175. The average molecular weight is 555 g/mol. The fourth-order valence-electron chi connectivity index (χ4n) is 3.02. The van der Waals surface area contributed by atoms with Crippen LogP contribution in [0, 0.1) is 10.5 Å². The van der Waals surface area contributed by atoms with Crippen molar-refractivity contribution in [2.24, 2.45) is 0 Å². The number of carbonyl (C=O) groups is 3. The fourth-order valence-corrected chi connectivity index (χ4v) is 3.54. The summed E-state index contributed by atoms with van der Waals surface area (Å²) in [4.78, 5) is 37.1. The van der Waals surface area contributed by atoms with Gasteiger partial charge in [0.25, 0.3) is 17.7 Å². The molecule has 0 unspecified atom stereocenters. The van der Waals surface area contributed by atoms with Gasteiger partial charge >= 0.3 is 0 Å². The van der Waals surface area contributed by atoms with Gasteiger partial charge in [0.15, 0.2) is 0 Å². The summed E-state index contributed by atoms with van der Waals surface area (Å²) in [5.41, 5.74) is 8.99. The summed E-state index contributed by atoms with van der Waals surface area (Å²) in [5.74, 6) is -1.09. The molecule has 0 fully saturated rings. The van der Waals surface area contributed by atoms with E-state index in [4.69, 9.17) is 0 Å². The molecule has 0 atom stereocenters. The number of aryl methyl sites for hydroxylation is 1. The Labute approximate surface area is 207 Å². The van der Waals surface area contributed by atoms with E-state index in [9.17, 15) is 14.4 Å². The number of carbonyl (C=O) groups excluding carboxylic acids is 3. The van der Waals surface area contributed by atoms with Crippen molar-refractivity contribution in [3.63, 3.8) is 0 Å². The number of nitrogens with one attached hydrogen (secondary N) is 3. The van der Waals surface area contributed by atoms with E-state index < -0.39 is 11.8 Å². The van der Waals surface area contributed by atoms with Crippen molar-refractivity contribution in [3.8, 4) is 0 Å². The smallest absolute Gasteiger partial charge is 0.269 e. The first-order valence-electron chi connectivity index (χ1n) is 10.4. The van der Waals surface area contributed by atoms with E-state index in [2.05, 4.69) is 59.5 Å². The van der Waals surface area contributed by atoms with Gasteiger partial charge in [-0.2, -0.15) is 0 Å². The van der Waals surface area contributed by atoms with Crippen LogP contribution in [0.3, 0.4) is 0 Å².